The van der Waals surface area contributed by atoms with Gasteiger partial charge >= 0.3 is 5.97 Å². The summed E-state index contributed by atoms with van der Waals surface area (Å²) < 4.78 is 17.5. The molecule has 0 atom stereocenters. The van der Waals surface area contributed by atoms with Crippen LogP contribution < -0.4 is 0 Å². The fraction of sp³-hybridized carbons (Fsp3) is 0.182. The molecule has 0 aliphatic rings. The number of hydrogen-bond donors (Lipinski definition) is 0. The number of Topliss-reactive ketones (excluding diaryl/α,β-unsaturated/α-hetero) is 1. The van der Waals surface area contributed by atoms with Gasteiger partial charge in [-0.25, -0.2) is 9.78 Å². The molecule has 0 aliphatic heterocycles. The fourth-order valence-corrected chi connectivity index (χ4v) is 3.22. The minimum atomic E-state index is -0.661. The zero-order valence-corrected chi connectivity index (χ0v) is 16.7. The average Bonchev–Trinajstić information content (AvgIpc) is 3.41. The van der Waals surface area contributed by atoms with E-state index in [4.69, 9.17) is 13.7 Å². The highest BCUT2D eigenvalue weighted by Crippen LogP contribution is 2.21. The molecule has 4 aromatic rings. The minimum Gasteiger partial charge on any atom is -0.454 e. The van der Waals surface area contributed by atoms with Crippen LogP contribution in [0.1, 0.15) is 33.4 Å². The number of ether oxygens (including phenoxy) is 1. The monoisotopic (exact) mass is 405 g/mol. The molecule has 0 aliphatic carbocycles. The smallest absolute Gasteiger partial charge is 0.331 e. The number of carbonyl (C=O) groups excluding carboxylic acids is 2. The van der Waals surface area contributed by atoms with E-state index in [-0.39, 0.29) is 18.3 Å². The number of aromatic nitrogens is 3. The van der Waals surface area contributed by atoms with Gasteiger partial charge in [0.05, 0.1) is 0 Å². The molecule has 0 radical (unpaired) electrons. The summed E-state index contributed by atoms with van der Waals surface area (Å²) in [6.07, 6.45) is 2.59. The Morgan fingerprint density at radius 2 is 1.97 bits per heavy atom. The first-order chi connectivity index (χ1) is 14.4. The molecular formula is C22H19N3O5. The second-order valence-electron chi connectivity index (χ2n) is 6.80. The summed E-state index contributed by atoms with van der Waals surface area (Å²) in [4.78, 5) is 28.8. The third-order valence-corrected chi connectivity index (χ3v) is 4.59. The van der Waals surface area contributed by atoms with E-state index in [1.165, 1.54) is 12.2 Å². The highest BCUT2D eigenvalue weighted by atomic mass is 16.5. The first-order valence-corrected chi connectivity index (χ1v) is 9.28. The Morgan fingerprint density at radius 3 is 2.70 bits per heavy atom. The number of hydrogen-bond acceptors (Lipinski definition) is 7. The van der Waals surface area contributed by atoms with E-state index in [1.807, 2.05) is 29.7 Å². The van der Waals surface area contributed by atoms with Gasteiger partial charge in [0.1, 0.15) is 11.3 Å². The van der Waals surface area contributed by atoms with Crippen molar-refractivity contribution in [2.75, 3.05) is 6.61 Å². The lowest BCUT2D eigenvalue weighted by molar-refractivity contribution is -0.136. The van der Waals surface area contributed by atoms with Crippen LogP contribution in [-0.2, 0) is 9.53 Å². The molecule has 0 unspecified atom stereocenters. The van der Waals surface area contributed by atoms with Crippen LogP contribution in [0, 0.1) is 20.8 Å². The highest BCUT2D eigenvalue weighted by Gasteiger charge is 2.19. The Morgan fingerprint density at radius 1 is 1.17 bits per heavy atom. The van der Waals surface area contributed by atoms with E-state index >= 15 is 0 Å². The van der Waals surface area contributed by atoms with E-state index < -0.39 is 5.97 Å². The van der Waals surface area contributed by atoms with Gasteiger partial charge in [0.25, 0.3) is 0 Å². The largest absolute Gasteiger partial charge is 0.454 e. The molecule has 0 spiro atoms. The van der Waals surface area contributed by atoms with E-state index in [0.29, 0.717) is 33.9 Å². The summed E-state index contributed by atoms with van der Waals surface area (Å²) in [5.74, 6) is 0.584. The molecule has 1 aromatic carbocycles. The van der Waals surface area contributed by atoms with Crippen LogP contribution >= 0.6 is 0 Å². The highest BCUT2D eigenvalue weighted by molar-refractivity contribution is 6.00. The lowest BCUT2D eigenvalue weighted by Gasteiger charge is -2.05. The topological polar surface area (TPSA) is 100 Å². The predicted octanol–water partition coefficient (Wildman–Crippen LogP) is 3.97. The lowest BCUT2D eigenvalue weighted by atomic mass is 10.1. The first kappa shape index (κ1) is 19.4. The van der Waals surface area contributed by atoms with Crippen LogP contribution in [0.25, 0.3) is 23.0 Å². The van der Waals surface area contributed by atoms with E-state index in [9.17, 15) is 9.59 Å². The number of ketones is 1. The van der Waals surface area contributed by atoms with Crippen molar-refractivity contribution in [1.82, 2.24) is 14.7 Å². The maximum Gasteiger partial charge on any atom is 0.331 e. The molecule has 8 heteroatoms. The number of fused-ring (bicyclic) bond motifs is 1. The summed E-state index contributed by atoms with van der Waals surface area (Å²) >= 11 is 0. The molecule has 3 heterocycles. The Hall–Kier alpha value is -3.94. The van der Waals surface area contributed by atoms with Crippen molar-refractivity contribution < 1.29 is 23.3 Å². The number of oxazole rings is 1. The van der Waals surface area contributed by atoms with Crippen LogP contribution in [0.4, 0.5) is 0 Å². The van der Waals surface area contributed by atoms with Crippen molar-refractivity contribution >= 4 is 28.9 Å². The SMILES string of the molecule is Cc1cc(-n2c(C)cc(C(=O)COC(=O)/C=C/c3nc4ccccc4o3)c2C)no1. The predicted molar refractivity (Wildman–Crippen MR) is 108 cm³/mol. The molecule has 0 N–H and O–H groups in total. The number of esters is 1. The Bertz CT molecular complexity index is 1240. The second-order valence-corrected chi connectivity index (χ2v) is 6.80. The van der Waals surface area contributed by atoms with Gasteiger partial charge in [-0.15, -0.1) is 0 Å². The van der Waals surface area contributed by atoms with E-state index in [2.05, 4.69) is 10.1 Å². The van der Waals surface area contributed by atoms with Gasteiger partial charge in [-0.2, -0.15) is 0 Å². The second kappa shape index (κ2) is 7.82. The molecule has 0 bridgehead atoms. The molecule has 0 fully saturated rings. The molecule has 0 saturated carbocycles. The van der Waals surface area contributed by atoms with Crippen LogP contribution in [0.15, 0.2) is 51.4 Å². The quantitative estimate of drug-likeness (QED) is 0.272. The van der Waals surface area contributed by atoms with Gasteiger partial charge in [-0.1, -0.05) is 17.3 Å². The van der Waals surface area contributed by atoms with Gasteiger partial charge < -0.3 is 13.7 Å². The van der Waals surface area contributed by atoms with Gasteiger partial charge in [0, 0.05) is 35.2 Å². The van der Waals surface area contributed by atoms with Crippen LogP contribution in [0.2, 0.25) is 0 Å². The Balaban J connectivity index is 1.41. The maximum atomic E-state index is 12.6. The van der Waals surface area contributed by atoms with E-state index in [0.717, 1.165) is 5.69 Å². The number of nitrogens with zero attached hydrogens (tertiary/aromatic N) is 3. The zero-order valence-electron chi connectivity index (χ0n) is 16.7. The third-order valence-electron chi connectivity index (χ3n) is 4.59. The van der Waals surface area contributed by atoms with Crippen molar-refractivity contribution in [3.8, 4) is 5.82 Å². The molecule has 152 valence electrons. The Labute approximate surface area is 171 Å². The minimum absolute atomic E-state index is 0.283. The number of benzene rings is 1. The molecule has 3 aromatic heterocycles. The van der Waals surface area contributed by atoms with Crippen molar-refractivity contribution in [3.63, 3.8) is 0 Å². The van der Waals surface area contributed by atoms with Crippen molar-refractivity contribution in [2.45, 2.75) is 20.8 Å². The normalized spacial score (nSPS) is 11.4. The van der Waals surface area contributed by atoms with Gasteiger partial charge in [-0.3, -0.25) is 9.36 Å². The lowest BCUT2D eigenvalue weighted by Crippen LogP contribution is -2.13. The van der Waals surface area contributed by atoms with E-state index in [1.54, 1.807) is 32.0 Å². The van der Waals surface area contributed by atoms with Crippen molar-refractivity contribution in [3.05, 3.63) is 71.1 Å². The van der Waals surface area contributed by atoms with Crippen molar-refractivity contribution in [2.24, 2.45) is 0 Å². The number of para-hydroxylation sites is 2. The number of rotatable bonds is 6. The maximum absolute atomic E-state index is 12.6. The van der Waals surface area contributed by atoms with Gasteiger partial charge in [0.15, 0.2) is 18.0 Å². The average molecular weight is 405 g/mol. The Kier molecular flexibility index (Phi) is 5.05. The molecular weight excluding hydrogens is 386 g/mol. The third kappa shape index (κ3) is 3.80. The fourth-order valence-electron chi connectivity index (χ4n) is 3.22. The van der Waals surface area contributed by atoms with Crippen LogP contribution in [0.5, 0.6) is 0 Å². The standard InChI is InChI=1S/C22H19N3O5/c1-13-10-16(15(3)25(13)20-11-14(2)30-24-20)18(26)12-28-22(27)9-8-21-23-17-6-4-5-7-19(17)29-21/h4-11H,12H2,1-3H3/b9-8+. The first-order valence-electron chi connectivity index (χ1n) is 9.28. The number of carbonyl (C=O) groups is 2. The van der Waals surface area contributed by atoms with Gasteiger partial charge in [-0.05, 0) is 39.0 Å². The van der Waals surface area contributed by atoms with Crippen LogP contribution in [0.3, 0.4) is 0 Å². The zero-order chi connectivity index (χ0) is 21.3. The van der Waals surface area contributed by atoms with Gasteiger partial charge in [0.2, 0.25) is 11.7 Å². The molecule has 0 amide bonds. The molecule has 0 saturated heterocycles. The summed E-state index contributed by atoms with van der Waals surface area (Å²) in [7, 11) is 0. The van der Waals surface area contributed by atoms with Crippen molar-refractivity contribution in [1.29, 1.82) is 0 Å². The summed E-state index contributed by atoms with van der Waals surface area (Å²) in [6, 6.07) is 10.8. The summed E-state index contributed by atoms with van der Waals surface area (Å²) in [6.45, 7) is 5.09. The summed E-state index contributed by atoms with van der Waals surface area (Å²) in [5, 5.41) is 3.99. The van der Waals surface area contributed by atoms with Crippen LogP contribution in [-0.4, -0.2) is 33.1 Å². The molecule has 4 rings (SSSR count). The number of aryl methyl sites for hydroxylation is 2. The summed E-state index contributed by atoms with van der Waals surface area (Å²) in [5.41, 5.74) is 3.30. The molecule has 30 heavy (non-hydrogen) atoms. The molecule has 8 nitrogen and oxygen atoms in total.